The van der Waals surface area contributed by atoms with E-state index >= 15 is 0 Å². The minimum Gasteiger partial charge on any atom is -0.464 e. The molecule has 0 aliphatic carbocycles. The molecule has 5 rings (SSSR count). The van der Waals surface area contributed by atoms with Crippen molar-refractivity contribution in [3.05, 3.63) is 90.4 Å². The molecule has 2 aromatic carbocycles. The molecule has 146 valence electrons. The predicted octanol–water partition coefficient (Wildman–Crippen LogP) is 5.08. The first kappa shape index (κ1) is 18.1. The molecule has 0 amide bonds. The molecule has 4 heteroatoms. The Bertz CT molecular complexity index is 1080. The fourth-order valence-electron chi connectivity index (χ4n) is 4.35. The van der Waals surface area contributed by atoms with Crippen LogP contribution in [0.4, 0.5) is 0 Å². The molecule has 1 aliphatic rings. The number of pyridine rings is 1. The molecular weight excluding hydrogens is 358 g/mol. The van der Waals surface area contributed by atoms with Gasteiger partial charge in [0.25, 0.3) is 0 Å². The van der Waals surface area contributed by atoms with Crippen LogP contribution in [0, 0.1) is 0 Å². The second kappa shape index (κ2) is 8.19. The van der Waals surface area contributed by atoms with Crippen molar-refractivity contribution in [1.29, 1.82) is 0 Å². The Morgan fingerprint density at radius 2 is 1.97 bits per heavy atom. The van der Waals surface area contributed by atoms with E-state index in [1.807, 2.05) is 24.5 Å². The Labute approximate surface area is 171 Å². The quantitative estimate of drug-likeness (QED) is 0.505. The van der Waals surface area contributed by atoms with E-state index in [9.17, 15) is 0 Å². The highest BCUT2D eigenvalue weighted by atomic mass is 16.3. The van der Waals surface area contributed by atoms with Crippen molar-refractivity contribution in [1.82, 2.24) is 15.6 Å². The maximum absolute atomic E-state index is 5.82. The molecule has 2 N–H and O–H groups in total. The summed E-state index contributed by atoms with van der Waals surface area (Å²) in [6.07, 6.45) is 7.84. The lowest BCUT2D eigenvalue weighted by atomic mass is 9.92. The monoisotopic (exact) mass is 383 g/mol. The molecule has 29 heavy (non-hydrogen) atoms. The third-order valence-corrected chi connectivity index (χ3v) is 5.79. The number of aromatic nitrogens is 1. The van der Waals surface area contributed by atoms with Gasteiger partial charge in [0.15, 0.2) is 0 Å². The van der Waals surface area contributed by atoms with Crippen LogP contribution in [-0.2, 0) is 6.54 Å². The van der Waals surface area contributed by atoms with Crippen molar-refractivity contribution >= 4 is 11.0 Å². The van der Waals surface area contributed by atoms with E-state index in [0.717, 1.165) is 36.0 Å². The molecule has 4 aromatic rings. The van der Waals surface area contributed by atoms with Gasteiger partial charge in [-0.1, -0.05) is 36.4 Å². The number of fused-ring (bicyclic) bond motifs is 1. The van der Waals surface area contributed by atoms with Gasteiger partial charge >= 0.3 is 0 Å². The average Bonchev–Trinajstić information content (AvgIpc) is 3.28. The summed E-state index contributed by atoms with van der Waals surface area (Å²) in [5.74, 6) is 0. The number of furan rings is 1. The molecule has 1 aliphatic heterocycles. The molecular formula is C25H25N3O. The van der Waals surface area contributed by atoms with Crippen molar-refractivity contribution in [2.45, 2.75) is 31.5 Å². The SMILES string of the molecule is c1ccc([C@H]2NCCC[C@H]2NCc2cc(-c3cccnc3)cc3ccoc23)cc1. The standard InChI is InChI=1S/C25H25N3O/c1-2-6-18(7-3-1)24-23(9-5-12-27-24)28-17-22-15-21(20-8-4-11-26-16-20)14-19-10-13-29-25(19)22/h1-4,6-8,10-11,13-16,23-24,27-28H,5,9,12,17H2/t23-,24-/m1/s1. The maximum Gasteiger partial charge on any atom is 0.138 e. The summed E-state index contributed by atoms with van der Waals surface area (Å²) in [6.45, 7) is 1.84. The molecule has 0 saturated carbocycles. The number of rotatable bonds is 5. The zero-order valence-corrected chi connectivity index (χ0v) is 16.3. The fraction of sp³-hybridized carbons (Fsp3) is 0.240. The van der Waals surface area contributed by atoms with E-state index in [-0.39, 0.29) is 0 Å². The zero-order chi connectivity index (χ0) is 19.5. The summed E-state index contributed by atoms with van der Waals surface area (Å²) >= 11 is 0. The van der Waals surface area contributed by atoms with E-state index in [1.165, 1.54) is 23.1 Å². The number of hydrogen-bond donors (Lipinski definition) is 2. The van der Waals surface area contributed by atoms with E-state index in [0.29, 0.717) is 12.1 Å². The van der Waals surface area contributed by atoms with Gasteiger partial charge in [-0.15, -0.1) is 0 Å². The Morgan fingerprint density at radius 1 is 1.03 bits per heavy atom. The van der Waals surface area contributed by atoms with Crippen molar-refractivity contribution in [3.8, 4) is 11.1 Å². The van der Waals surface area contributed by atoms with Gasteiger partial charge in [0.2, 0.25) is 0 Å². The molecule has 0 spiro atoms. The highest BCUT2D eigenvalue weighted by molar-refractivity contribution is 5.86. The van der Waals surface area contributed by atoms with Crippen molar-refractivity contribution in [3.63, 3.8) is 0 Å². The lowest BCUT2D eigenvalue weighted by Crippen LogP contribution is -2.45. The van der Waals surface area contributed by atoms with Gasteiger partial charge in [-0.3, -0.25) is 4.98 Å². The highest BCUT2D eigenvalue weighted by Crippen LogP contribution is 2.29. The van der Waals surface area contributed by atoms with Crippen LogP contribution in [0.5, 0.6) is 0 Å². The minimum atomic E-state index is 0.332. The van der Waals surface area contributed by atoms with Crippen LogP contribution in [0.25, 0.3) is 22.1 Å². The molecule has 0 radical (unpaired) electrons. The lowest BCUT2D eigenvalue weighted by molar-refractivity contribution is 0.304. The first-order valence-electron chi connectivity index (χ1n) is 10.3. The highest BCUT2D eigenvalue weighted by Gasteiger charge is 2.25. The van der Waals surface area contributed by atoms with E-state index in [2.05, 4.69) is 64.1 Å². The van der Waals surface area contributed by atoms with Crippen LogP contribution < -0.4 is 10.6 Å². The van der Waals surface area contributed by atoms with E-state index < -0.39 is 0 Å². The van der Waals surface area contributed by atoms with Crippen LogP contribution in [0.3, 0.4) is 0 Å². The second-order valence-electron chi connectivity index (χ2n) is 7.69. The van der Waals surface area contributed by atoms with E-state index in [4.69, 9.17) is 4.42 Å². The Balaban J connectivity index is 1.42. The third-order valence-electron chi connectivity index (χ3n) is 5.79. The smallest absolute Gasteiger partial charge is 0.138 e. The molecule has 2 aromatic heterocycles. The molecule has 1 fully saturated rings. The summed E-state index contributed by atoms with van der Waals surface area (Å²) in [5.41, 5.74) is 5.79. The van der Waals surface area contributed by atoms with Crippen LogP contribution >= 0.6 is 0 Å². The van der Waals surface area contributed by atoms with Crippen LogP contribution in [0.1, 0.15) is 30.0 Å². The molecule has 1 saturated heterocycles. The Hall–Kier alpha value is -2.95. The van der Waals surface area contributed by atoms with Gasteiger partial charge in [0.05, 0.1) is 6.26 Å². The number of hydrogen-bond acceptors (Lipinski definition) is 4. The maximum atomic E-state index is 5.82. The van der Waals surface area contributed by atoms with Crippen molar-refractivity contribution in [2.24, 2.45) is 0 Å². The molecule has 2 atom stereocenters. The topological polar surface area (TPSA) is 50.1 Å². The van der Waals surface area contributed by atoms with Gasteiger partial charge in [0.1, 0.15) is 5.58 Å². The number of nitrogens with one attached hydrogen (secondary N) is 2. The predicted molar refractivity (Wildman–Crippen MR) is 116 cm³/mol. The number of nitrogens with zero attached hydrogens (tertiary/aromatic N) is 1. The summed E-state index contributed by atoms with van der Waals surface area (Å²) < 4.78 is 5.82. The van der Waals surface area contributed by atoms with Gasteiger partial charge in [-0.05, 0) is 54.8 Å². The first-order chi connectivity index (χ1) is 14.4. The van der Waals surface area contributed by atoms with Crippen molar-refractivity contribution < 1.29 is 4.42 Å². The van der Waals surface area contributed by atoms with Crippen LogP contribution in [0.15, 0.2) is 83.7 Å². The normalized spacial score (nSPS) is 19.4. The summed E-state index contributed by atoms with van der Waals surface area (Å²) in [7, 11) is 0. The zero-order valence-electron chi connectivity index (χ0n) is 16.3. The molecule has 0 unspecified atom stereocenters. The van der Waals surface area contributed by atoms with Gasteiger partial charge < -0.3 is 15.1 Å². The number of piperidine rings is 1. The summed E-state index contributed by atoms with van der Waals surface area (Å²) in [5, 5.41) is 8.64. The Kier molecular flexibility index (Phi) is 5.11. The van der Waals surface area contributed by atoms with Gasteiger partial charge in [0, 0.05) is 47.5 Å². The van der Waals surface area contributed by atoms with Crippen LogP contribution in [0.2, 0.25) is 0 Å². The first-order valence-corrected chi connectivity index (χ1v) is 10.3. The molecule has 0 bridgehead atoms. The lowest BCUT2D eigenvalue weighted by Gasteiger charge is -2.34. The van der Waals surface area contributed by atoms with Crippen molar-refractivity contribution in [2.75, 3.05) is 6.54 Å². The van der Waals surface area contributed by atoms with Gasteiger partial charge in [-0.25, -0.2) is 0 Å². The summed E-state index contributed by atoms with van der Waals surface area (Å²) in [6, 6.07) is 22.0. The Morgan fingerprint density at radius 3 is 2.83 bits per heavy atom. The largest absolute Gasteiger partial charge is 0.464 e. The third kappa shape index (κ3) is 3.82. The molecule has 3 heterocycles. The fourth-order valence-corrected chi connectivity index (χ4v) is 4.35. The van der Waals surface area contributed by atoms with Crippen LogP contribution in [-0.4, -0.2) is 17.6 Å². The average molecular weight is 383 g/mol. The second-order valence-corrected chi connectivity index (χ2v) is 7.69. The molecule has 4 nitrogen and oxygen atoms in total. The summed E-state index contributed by atoms with van der Waals surface area (Å²) in [4.78, 5) is 4.27. The minimum absolute atomic E-state index is 0.332. The number of benzene rings is 2. The van der Waals surface area contributed by atoms with Gasteiger partial charge in [-0.2, -0.15) is 0 Å². The van der Waals surface area contributed by atoms with E-state index in [1.54, 1.807) is 6.26 Å².